The Hall–Kier alpha value is -4.75. The van der Waals surface area contributed by atoms with E-state index in [4.69, 9.17) is 9.26 Å². The van der Waals surface area contributed by atoms with Gasteiger partial charge in [0.15, 0.2) is 5.60 Å². The normalized spacial score (nSPS) is 12.6. The Balaban J connectivity index is 1.47. The number of benzene rings is 4. The fraction of sp³-hybridized carbons (Fsp3) is 0.129. The molecule has 1 aromatic heterocycles. The second-order valence-electron chi connectivity index (χ2n) is 9.23. The number of aromatic nitrogens is 1. The summed E-state index contributed by atoms with van der Waals surface area (Å²) in [5.74, 6) is 0.653. The van der Waals surface area contributed by atoms with Gasteiger partial charge in [0.25, 0.3) is 5.91 Å². The van der Waals surface area contributed by atoms with E-state index in [0.717, 1.165) is 11.1 Å². The van der Waals surface area contributed by atoms with Gasteiger partial charge >= 0.3 is 5.63 Å². The van der Waals surface area contributed by atoms with Gasteiger partial charge in [-0.25, -0.2) is 4.79 Å². The first-order valence-electron chi connectivity index (χ1n) is 12.1. The molecule has 0 saturated carbocycles. The Bertz CT molecular complexity index is 1650. The molecule has 1 heterocycles. The van der Waals surface area contributed by atoms with Gasteiger partial charge in [0.05, 0.1) is 11.1 Å². The van der Waals surface area contributed by atoms with Gasteiger partial charge in [-0.3, -0.25) is 4.79 Å². The van der Waals surface area contributed by atoms with E-state index in [1.54, 1.807) is 49.4 Å². The van der Waals surface area contributed by atoms with Crippen LogP contribution in [0.5, 0.6) is 11.5 Å². The number of hydrogen-bond donors (Lipinski definition) is 2. The Morgan fingerprint density at radius 3 is 2.29 bits per heavy atom. The summed E-state index contributed by atoms with van der Waals surface area (Å²) in [5, 5.41) is 19.4. The van der Waals surface area contributed by atoms with Gasteiger partial charge in [0, 0.05) is 17.5 Å². The molecule has 4 aromatic carbocycles. The molecule has 2 N–H and O–H groups in total. The van der Waals surface area contributed by atoms with Crippen molar-refractivity contribution in [2.75, 3.05) is 5.32 Å². The van der Waals surface area contributed by atoms with Gasteiger partial charge in [0.2, 0.25) is 0 Å². The van der Waals surface area contributed by atoms with Crippen molar-refractivity contribution in [3.05, 3.63) is 130 Å². The third-order valence-electron chi connectivity index (χ3n) is 6.42. The largest absolute Gasteiger partial charge is 0.457 e. The minimum Gasteiger partial charge on any atom is -0.457 e. The number of nitrogens with zero attached hydrogens (tertiary/aromatic N) is 1. The molecule has 0 fully saturated rings. The van der Waals surface area contributed by atoms with E-state index in [0.29, 0.717) is 39.2 Å². The summed E-state index contributed by atoms with van der Waals surface area (Å²) in [6, 6.07) is 28.7. The fourth-order valence-corrected chi connectivity index (χ4v) is 4.28. The molecule has 1 amide bonds. The number of para-hydroxylation sites is 1. The molecule has 190 valence electrons. The summed E-state index contributed by atoms with van der Waals surface area (Å²) < 4.78 is 10.7. The molecule has 7 heteroatoms. The lowest BCUT2D eigenvalue weighted by Crippen LogP contribution is -2.42. The van der Waals surface area contributed by atoms with Gasteiger partial charge in [-0.2, -0.15) is 0 Å². The molecule has 5 aromatic rings. The average Bonchev–Trinajstić information content (AvgIpc) is 2.93. The predicted octanol–water partition coefficient (Wildman–Crippen LogP) is 5.67. The lowest BCUT2D eigenvalue weighted by Gasteiger charge is -2.28. The first-order valence-corrected chi connectivity index (χ1v) is 12.1. The van der Waals surface area contributed by atoms with Gasteiger partial charge in [-0.05, 0) is 67.4 Å². The van der Waals surface area contributed by atoms with Crippen LogP contribution in [0, 0.1) is 13.8 Å². The van der Waals surface area contributed by atoms with Crippen LogP contribution in [0.3, 0.4) is 0 Å². The van der Waals surface area contributed by atoms with Gasteiger partial charge in [-0.1, -0.05) is 65.3 Å². The first kappa shape index (κ1) is 24.9. The van der Waals surface area contributed by atoms with Gasteiger partial charge in [-0.15, -0.1) is 0 Å². The summed E-state index contributed by atoms with van der Waals surface area (Å²) in [5.41, 5.74) is 0.776. The highest BCUT2D eigenvalue weighted by molar-refractivity contribution is 6.00. The van der Waals surface area contributed by atoms with E-state index < -0.39 is 17.1 Å². The van der Waals surface area contributed by atoms with Crippen LogP contribution < -0.4 is 15.7 Å². The summed E-state index contributed by atoms with van der Waals surface area (Å²) in [7, 11) is 0. The molecule has 0 bridgehead atoms. The smallest absolute Gasteiger partial charge is 0.366 e. The number of ether oxygens (including phenoxy) is 1. The monoisotopic (exact) mass is 506 g/mol. The molecule has 0 spiro atoms. The van der Waals surface area contributed by atoms with E-state index in [9.17, 15) is 14.7 Å². The SMILES string of the molecule is Cc1ccc(CC(O)(C(=O)Nc2ccc3c(=O)onc(C)c3c2)c2ccc(Oc3ccccc3)cc2)cc1. The van der Waals surface area contributed by atoms with Crippen molar-refractivity contribution in [2.24, 2.45) is 0 Å². The maximum absolute atomic E-state index is 13.7. The van der Waals surface area contributed by atoms with Gasteiger partial charge < -0.3 is 19.7 Å². The summed E-state index contributed by atoms with van der Waals surface area (Å²) in [4.78, 5) is 25.7. The van der Waals surface area contributed by atoms with Crippen molar-refractivity contribution in [2.45, 2.75) is 25.9 Å². The molecule has 0 aliphatic heterocycles. The number of fused-ring (bicyclic) bond motifs is 1. The third kappa shape index (κ3) is 5.19. The molecule has 1 unspecified atom stereocenters. The van der Waals surface area contributed by atoms with Crippen LogP contribution in [-0.4, -0.2) is 16.2 Å². The molecule has 0 aliphatic rings. The van der Waals surface area contributed by atoms with Crippen LogP contribution in [0.4, 0.5) is 5.69 Å². The lowest BCUT2D eigenvalue weighted by molar-refractivity contribution is -0.135. The number of anilines is 1. The molecular formula is C31H26N2O5. The molecule has 38 heavy (non-hydrogen) atoms. The Kier molecular flexibility index (Phi) is 6.77. The topological polar surface area (TPSA) is 102 Å². The number of amides is 1. The van der Waals surface area contributed by atoms with Crippen LogP contribution in [0.15, 0.2) is 106 Å². The van der Waals surface area contributed by atoms with Crippen molar-refractivity contribution < 1.29 is 19.2 Å². The number of aryl methyl sites for hydroxylation is 2. The van der Waals surface area contributed by atoms with Crippen LogP contribution in [0.2, 0.25) is 0 Å². The first-order chi connectivity index (χ1) is 18.3. The van der Waals surface area contributed by atoms with Crippen molar-refractivity contribution in [3.63, 3.8) is 0 Å². The second kappa shape index (κ2) is 10.3. The number of aliphatic hydroxyl groups is 1. The number of nitrogens with one attached hydrogen (secondary N) is 1. The van der Waals surface area contributed by atoms with Crippen LogP contribution >= 0.6 is 0 Å². The van der Waals surface area contributed by atoms with E-state index in [2.05, 4.69) is 10.5 Å². The maximum Gasteiger partial charge on any atom is 0.366 e. The van der Waals surface area contributed by atoms with Crippen molar-refractivity contribution >= 4 is 22.4 Å². The van der Waals surface area contributed by atoms with E-state index in [1.165, 1.54) is 0 Å². The Morgan fingerprint density at radius 2 is 1.58 bits per heavy atom. The predicted molar refractivity (Wildman–Crippen MR) is 145 cm³/mol. The highest BCUT2D eigenvalue weighted by Crippen LogP contribution is 2.31. The highest BCUT2D eigenvalue weighted by Gasteiger charge is 2.38. The number of rotatable bonds is 7. The second-order valence-corrected chi connectivity index (χ2v) is 9.23. The molecule has 1 atom stereocenters. The zero-order valence-corrected chi connectivity index (χ0v) is 21.0. The molecule has 7 nitrogen and oxygen atoms in total. The van der Waals surface area contributed by atoms with E-state index in [-0.39, 0.29) is 6.42 Å². The van der Waals surface area contributed by atoms with Crippen molar-refractivity contribution in [1.82, 2.24) is 5.16 Å². The van der Waals surface area contributed by atoms with Crippen molar-refractivity contribution in [3.8, 4) is 11.5 Å². The molecular weight excluding hydrogens is 480 g/mol. The van der Waals surface area contributed by atoms with Crippen molar-refractivity contribution in [1.29, 1.82) is 0 Å². The molecule has 0 aliphatic carbocycles. The third-order valence-corrected chi connectivity index (χ3v) is 6.42. The Morgan fingerprint density at radius 1 is 0.895 bits per heavy atom. The zero-order chi connectivity index (χ0) is 26.7. The standard InChI is InChI=1S/C31H26N2O5/c1-20-8-10-22(11-9-20)19-31(36,23-12-15-26(16-13-23)37-25-6-4-3-5-7-25)30(35)32-24-14-17-27-28(18-24)21(2)33-38-29(27)34/h3-18,36H,19H2,1-2H3,(H,32,35). The summed E-state index contributed by atoms with van der Waals surface area (Å²) in [6.07, 6.45) is 0.0513. The molecule has 0 saturated heterocycles. The maximum atomic E-state index is 13.7. The number of carbonyl (C=O) groups excluding carboxylic acids is 1. The van der Waals surface area contributed by atoms with Crippen LogP contribution in [0.1, 0.15) is 22.4 Å². The fourth-order valence-electron chi connectivity index (χ4n) is 4.28. The molecule has 5 rings (SSSR count). The lowest BCUT2D eigenvalue weighted by atomic mass is 9.86. The summed E-state index contributed by atoms with van der Waals surface area (Å²) >= 11 is 0. The van der Waals surface area contributed by atoms with E-state index in [1.807, 2.05) is 61.5 Å². The minimum absolute atomic E-state index is 0.0513. The quantitative estimate of drug-likeness (QED) is 0.295. The number of hydrogen-bond acceptors (Lipinski definition) is 6. The summed E-state index contributed by atoms with van der Waals surface area (Å²) in [6.45, 7) is 3.69. The van der Waals surface area contributed by atoms with Crippen LogP contribution in [-0.2, 0) is 16.8 Å². The van der Waals surface area contributed by atoms with Gasteiger partial charge in [0.1, 0.15) is 11.5 Å². The Labute approximate surface area is 219 Å². The van der Waals surface area contributed by atoms with E-state index >= 15 is 0 Å². The average molecular weight is 507 g/mol. The number of carbonyl (C=O) groups is 1. The van der Waals surface area contributed by atoms with Crippen LogP contribution in [0.25, 0.3) is 10.8 Å². The minimum atomic E-state index is -1.89. The molecule has 0 radical (unpaired) electrons. The zero-order valence-electron chi connectivity index (χ0n) is 21.0. The highest BCUT2D eigenvalue weighted by atomic mass is 16.5.